The summed E-state index contributed by atoms with van der Waals surface area (Å²) in [7, 11) is 0. The molecule has 0 aromatic rings. The smallest absolute Gasteiger partial charge is 0.308 e. The highest BCUT2D eigenvalue weighted by atomic mass is 16.4. The van der Waals surface area contributed by atoms with Crippen molar-refractivity contribution in [3.8, 4) is 0 Å². The summed E-state index contributed by atoms with van der Waals surface area (Å²) in [6, 6.07) is 0.232. The fourth-order valence-electron chi connectivity index (χ4n) is 3.10. The Kier molecular flexibility index (Phi) is 3.85. The van der Waals surface area contributed by atoms with Gasteiger partial charge in [-0.3, -0.25) is 14.5 Å². The molecule has 19 heavy (non-hydrogen) atoms. The van der Waals surface area contributed by atoms with E-state index in [0.717, 1.165) is 25.9 Å². The third-order valence-electron chi connectivity index (χ3n) is 4.36. The van der Waals surface area contributed by atoms with E-state index in [1.54, 1.807) is 4.90 Å². The van der Waals surface area contributed by atoms with Crippen molar-refractivity contribution in [2.24, 2.45) is 5.92 Å². The topological polar surface area (TPSA) is 60.9 Å². The molecule has 0 bridgehead atoms. The SMILES string of the molecule is CC(C)(C)N1CCC(N2CC(C(=O)O)CC2=O)CC1. The highest BCUT2D eigenvalue weighted by Crippen LogP contribution is 2.28. The largest absolute Gasteiger partial charge is 0.481 e. The lowest BCUT2D eigenvalue weighted by Gasteiger charge is -2.43. The maximum Gasteiger partial charge on any atom is 0.308 e. The average molecular weight is 268 g/mol. The van der Waals surface area contributed by atoms with Crippen LogP contribution in [0, 0.1) is 5.92 Å². The molecule has 1 amide bonds. The number of likely N-dealkylation sites (tertiary alicyclic amines) is 2. The van der Waals surface area contributed by atoms with Crippen molar-refractivity contribution >= 4 is 11.9 Å². The lowest BCUT2D eigenvalue weighted by atomic mass is 9.97. The molecule has 1 N–H and O–H groups in total. The van der Waals surface area contributed by atoms with Crippen molar-refractivity contribution in [3.05, 3.63) is 0 Å². The van der Waals surface area contributed by atoms with Gasteiger partial charge in [-0.25, -0.2) is 0 Å². The Morgan fingerprint density at radius 3 is 2.26 bits per heavy atom. The number of carboxylic acid groups (broad SMARTS) is 1. The Bertz CT molecular complexity index is 367. The van der Waals surface area contributed by atoms with Gasteiger partial charge in [0.2, 0.25) is 5.91 Å². The van der Waals surface area contributed by atoms with Crippen LogP contribution in [0.15, 0.2) is 0 Å². The summed E-state index contributed by atoms with van der Waals surface area (Å²) in [5.41, 5.74) is 0.170. The van der Waals surface area contributed by atoms with E-state index in [-0.39, 0.29) is 23.9 Å². The standard InChI is InChI=1S/C14H24N2O3/c1-14(2,3)15-6-4-11(5-7-15)16-9-10(13(18)19)8-12(16)17/h10-11H,4-9H2,1-3H3,(H,18,19). The van der Waals surface area contributed by atoms with E-state index < -0.39 is 11.9 Å². The monoisotopic (exact) mass is 268 g/mol. The van der Waals surface area contributed by atoms with Gasteiger partial charge in [0.25, 0.3) is 0 Å². The van der Waals surface area contributed by atoms with E-state index in [4.69, 9.17) is 5.11 Å². The van der Waals surface area contributed by atoms with Crippen LogP contribution < -0.4 is 0 Å². The van der Waals surface area contributed by atoms with Crippen LogP contribution in [0.4, 0.5) is 0 Å². The summed E-state index contributed by atoms with van der Waals surface area (Å²) in [5, 5.41) is 9.01. The number of nitrogens with zero attached hydrogens (tertiary/aromatic N) is 2. The van der Waals surface area contributed by atoms with Crippen LogP contribution in [0.3, 0.4) is 0 Å². The van der Waals surface area contributed by atoms with Crippen molar-refractivity contribution in [1.29, 1.82) is 0 Å². The third-order valence-corrected chi connectivity index (χ3v) is 4.36. The maximum absolute atomic E-state index is 11.9. The van der Waals surface area contributed by atoms with Crippen LogP contribution in [0.25, 0.3) is 0 Å². The fourth-order valence-corrected chi connectivity index (χ4v) is 3.10. The van der Waals surface area contributed by atoms with Gasteiger partial charge < -0.3 is 10.0 Å². The maximum atomic E-state index is 11.9. The van der Waals surface area contributed by atoms with E-state index in [1.807, 2.05) is 0 Å². The molecule has 108 valence electrons. The molecule has 2 aliphatic heterocycles. The van der Waals surface area contributed by atoms with Gasteiger partial charge in [0.1, 0.15) is 0 Å². The van der Waals surface area contributed by atoms with Gasteiger partial charge in [0.05, 0.1) is 5.92 Å². The number of amides is 1. The van der Waals surface area contributed by atoms with Crippen molar-refractivity contribution < 1.29 is 14.7 Å². The van der Waals surface area contributed by atoms with Crippen LogP contribution in [0.5, 0.6) is 0 Å². The van der Waals surface area contributed by atoms with Crippen LogP contribution in [0.2, 0.25) is 0 Å². The van der Waals surface area contributed by atoms with Gasteiger partial charge in [-0.1, -0.05) is 0 Å². The second kappa shape index (κ2) is 5.12. The molecule has 2 rings (SSSR count). The molecule has 0 aromatic heterocycles. The van der Waals surface area contributed by atoms with E-state index >= 15 is 0 Å². The Morgan fingerprint density at radius 2 is 1.84 bits per heavy atom. The minimum atomic E-state index is -0.844. The third kappa shape index (κ3) is 3.08. The quantitative estimate of drug-likeness (QED) is 0.817. The van der Waals surface area contributed by atoms with Gasteiger partial charge in [-0.05, 0) is 33.6 Å². The number of aliphatic carboxylic acids is 1. The summed E-state index contributed by atoms with van der Waals surface area (Å²) >= 11 is 0. The van der Waals surface area contributed by atoms with Crippen molar-refractivity contribution in [1.82, 2.24) is 9.80 Å². The van der Waals surface area contributed by atoms with Gasteiger partial charge >= 0.3 is 5.97 Å². The summed E-state index contributed by atoms with van der Waals surface area (Å²) in [6.07, 6.45) is 2.08. The molecule has 0 radical (unpaired) electrons. The number of carbonyl (C=O) groups excluding carboxylic acids is 1. The van der Waals surface area contributed by atoms with Crippen LogP contribution in [-0.2, 0) is 9.59 Å². The average Bonchev–Trinajstić information content (AvgIpc) is 2.70. The Labute approximate surface area is 114 Å². The van der Waals surface area contributed by atoms with Gasteiger partial charge in [-0.2, -0.15) is 0 Å². The Hall–Kier alpha value is -1.10. The summed E-state index contributed by atoms with van der Waals surface area (Å²) < 4.78 is 0. The Morgan fingerprint density at radius 1 is 1.26 bits per heavy atom. The Balaban J connectivity index is 1.92. The summed E-state index contributed by atoms with van der Waals surface area (Å²) in [4.78, 5) is 27.1. The number of carboxylic acids is 1. The highest BCUT2D eigenvalue weighted by Gasteiger charge is 2.39. The molecule has 2 heterocycles. The van der Waals surface area contributed by atoms with Crippen molar-refractivity contribution in [2.75, 3.05) is 19.6 Å². The molecular weight excluding hydrogens is 244 g/mol. The molecule has 0 spiro atoms. The zero-order valence-corrected chi connectivity index (χ0v) is 12.1. The molecule has 5 heteroatoms. The second-order valence-corrected chi connectivity index (χ2v) is 6.67. The first-order valence-electron chi connectivity index (χ1n) is 7.06. The van der Waals surface area contributed by atoms with E-state index in [2.05, 4.69) is 25.7 Å². The minimum Gasteiger partial charge on any atom is -0.481 e. The van der Waals surface area contributed by atoms with Crippen molar-refractivity contribution in [3.63, 3.8) is 0 Å². The van der Waals surface area contributed by atoms with Crippen LogP contribution in [-0.4, -0.2) is 58.0 Å². The predicted octanol–water partition coefficient (Wildman–Crippen LogP) is 1.18. The zero-order chi connectivity index (χ0) is 14.2. The predicted molar refractivity (Wildman–Crippen MR) is 71.8 cm³/mol. The van der Waals surface area contributed by atoms with E-state index in [1.165, 1.54) is 0 Å². The lowest BCUT2D eigenvalue weighted by Crippen LogP contribution is -2.51. The summed E-state index contributed by atoms with van der Waals surface area (Å²) in [5.74, 6) is -1.34. The molecule has 2 fully saturated rings. The molecule has 2 aliphatic rings. The molecule has 1 atom stereocenters. The lowest BCUT2D eigenvalue weighted by molar-refractivity contribution is -0.141. The molecule has 0 aliphatic carbocycles. The molecule has 0 aromatic carbocycles. The molecule has 0 saturated carbocycles. The van der Waals surface area contributed by atoms with Gasteiger partial charge in [0.15, 0.2) is 0 Å². The number of hydrogen-bond donors (Lipinski definition) is 1. The van der Waals surface area contributed by atoms with Gasteiger partial charge in [0, 0.05) is 37.6 Å². The first kappa shape index (κ1) is 14.3. The normalized spacial score (nSPS) is 27.0. The summed E-state index contributed by atoms with van der Waals surface area (Å²) in [6.45, 7) is 8.97. The number of carbonyl (C=O) groups is 2. The van der Waals surface area contributed by atoms with Gasteiger partial charge in [-0.15, -0.1) is 0 Å². The van der Waals surface area contributed by atoms with Crippen LogP contribution >= 0.6 is 0 Å². The molecule has 1 unspecified atom stereocenters. The number of rotatable bonds is 2. The second-order valence-electron chi connectivity index (χ2n) is 6.67. The highest BCUT2D eigenvalue weighted by molar-refractivity contribution is 5.86. The van der Waals surface area contributed by atoms with E-state index in [9.17, 15) is 9.59 Å². The molecular formula is C14H24N2O3. The van der Waals surface area contributed by atoms with Crippen LogP contribution in [0.1, 0.15) is 40.0 Å². The first-order chi connectivity index (χ1) is 8.79. The molecule has 2 saturated heterocycles. The number of hydrogen-bond acceptors (Lipinski definition) is 3. The first-order valence-corrected chi connectivity index (χ1v) is 7.06. The zero-order valence-electron chi connectivity index (χ0n) is 12.1. The van der Waals surface area contributed by atoms with E-state index in [0.29, 0.717) is 6.54 Å². The minimum absolute atomic E-state index is 0.0154. The fraction of sp³-hybridized carbons (Fsp3) is 0.857. The van der Waals surface area contributed by atoms with Crippen molar-refractivity contribution in [2.45, 2.75) is 51.6 Å². The number of piperidine rings is 1. The molecule has 5 nitrogen and oxygen atoms in total.